The van der Waals surface area contributed by atoms with Crippen molar-refractivity contribution in [2.24, 2.45) is 5.92 Å². The summed E-state index contributed by atoms with van der Waals surface area (Å²) in [5.41, 5.74) is 1.71. The molecule has 2 atom stereocenters. The van der Waals surface area contributed by atoms with Gasteiger partial charge in [0.05, 0.1) is 25.3 Å². The standard InChI is InChI=1S/C15H25N3O4S/c1-10(2)8-22-11(3)13(14(19)21-5)17-15(20)18(4)7-12-6-16-9-23-12/h6,9-11,13H,7-8H2,1-5H3,(H,17,20)/t11?,13-/m0/s1. The van der Waals surface area contributed by atoms with E-state index in [-0.39, 0.29) is 6.03 Å². The fourth-order valence-electron chi connectivity index (χ4n) is 1.80. The SMILES string of the molecule is COC(=O)[C@@H](NC(=O)N(C)Cc1cncs1)C(C)OCC(C)C. The molecule has 0 bridgehead atoms. The van der Waals surface area contributed by atoms with E-state index in [1.165, 1.54) is 23.3 Å². The van der Waals surface area contributed by atoms with Gasteiger partial charge in [0, 0.05) is 24.7 Å². The van der Waals surface area contributed by atoms with E-state index in [0.717, 1.165) is 4.88 Å². The molecule has 1 N–H and O–H groups in total. The number of aromatic nitrogens is 1. The summed E-state index contributed by atoms with van der Waals surface area (Å²) >= 11 is 1.47. The van der Waals surface area contributed by atoms with Gasteiger partial charge >= 0.3 is 12.0 Å². The van der Waals surface area contributed by atoms with Crippen LogP contribution in [0.4, 0.5) is 4.79 Å². The van der Waals surface area contributed by atoms with E-state index in [0.29, 0.717) is 19.1 Å². The molecule has 0 fully saturated rings. The number of nitrogens with one attached hydrogen (secondary N) is 1. The second-order valence-electron chi connectivity index (χ2n) is 5.71. The molecule has 1 heterocycles. The van der Waals surface area contributed by atoms with Crippen LogP contribution in [0.2, 0.25) is 0 Å². The number of carbonyl (C=O) groups is 2. The summed E-state index contributed by atoms with van der Waals surface area (Å²) in [5.74, 6) is -0.193. The Morgan fingerprint density at radius 2 is 2.09 bits per heavy atom. The zero-order valence-electron chi connectivity index (χ0n) is 14.2. The maximum atomic E-state index is 12.3. The summed E-state index contributed by atoms with van der Waals surface area (Å²) in [6.07, 6.45) is 1.23. The Hall–Kier alpha value is -1.67. The van der Waals surface area contributed by atoms with Crippen molar-refractivity contribution in [3.05, 3.63) is 16.6 Å². The highest BCUT2D eigenvalue weighted by Gasteiger charge is 2.29. The summed E-state index contributed by atoms with van der Waals surface area (Å²) in [6, 6.07) is -1.22. The number of urea groups is 1. The van der Waals surface area contributed by atoms with Gasteiger partial charge in [-0.05, 0) is 12.8 Å². The topological polar surface area (TPSA) is 80.8 Å². The maximum absolute atomic E-state index is 12.3. The first-order valence-electron chi connectivity index (χ1n) is 7.43. The van der Waals surface area contributed by atoms with Crippen molar-refractivity contribution in [3.63, 3.8) is 0 Å². The molecular formula is C15H25N3O4S. The molecule has 1 aromatic heterocycles. The number of hydrogen-bond donors (Lipinski definition) is 1. The smallest absolute Gasteiger partial charge is 0.331 e. The van der Waals surface area contributed by atoms with Gasteiger partial charge in [-0.3, -0.25) is 4.98 Å². The molecule has 23 heavy (non-hydrogen) atoms. The lowest BCUT2D eigenvalue weighted by Gasteiger charge is -2.26. The van der Waals surface area contributed by atoms with Crippen LogP contribution < -0.4 is 5.32 Å². The van der Waals surface area contributed by atoms with Crippen LogP contribution in [0, 0.1) is 5.92 Å². The normalized spacial score (nSPS) is 13.5. The van der Waals surface area contributed by atoms with Crippen LogP contribution in [0.25, 0.3) is 0 Å². The highest BCUT2D eigenvalue weighted by Crippen LogP contribution is 2.10. The Morgan fingerprint density at radius 3 is 2.61 bits per heavy atom. The predicted octanol–water partition coefficient (Wildman–Crippen LogP) is 1.89. The molecule has 130 valence electrons. The number of thiazole rings is 1. The molecule has 8 heteroatoms. The van der Waals surface area contributed by atoms with Crippen LogP contribution in [-0.2, 0) is 20.8 Å². The summed E-state index contributed by atoms with van der Waals surface area (Å²) in [4.78, 5) is 30.6. The number of esters is 1. The van der Waals surface area contributed by atoms with Crippen molar-refractivity contribution >= 4 is 23.3 Å². The summed E-state index contributed by atoms with van der Waals surface area (Å²) in [5, 5.41) is 2.68. The van der Waals surface area contributed by atoms with Crippen LogP contribution >= 0.6 is 11.3 Å². The lowest BCUT2D eigenvalue weighted by Crippen LogP contribution is -2.52. The lowest BCUT2D eigenvalue weighted by molar-refractivity contribution is -0.147. The molecular weight excluding hydrogens is 318 g/mol. The van der Waals surface area contributed by atoms with Crippen LogP contribution in [-0.4, -0.2) is 54.8 Å². The minimum Gasteiger partial charge on any atom is -0.467 e. The fourth-order valence-corrected chi connectivity index (χ4v) is 2.45. The summed E-state index contributed by atoms with van der Waals surface area (Å²) < 4.78 is 10.4. The number of ether oxygens (including phenoxy) is 2. The second-order valence-corrected chi connectivity index (χ2v) is 6.68. The Kier molecular flexibility index (Phi) is 7.97. The molecule has 1 unspecified atom stereocenters. The molecule has 0 aromatic carbocycles. The van der Waals surface area contributed by atoms with Gasteiger partial charge in [0.2, 0.25) is 0 Å². The molecule has 0 saturated heterocycles. The van der Waals surface area contributed by atoms with Crippen molar-refractivity contribution in [1.82, 2.24) is 15.2 Å². The molecule has 0 spiro atoms. The van der Waals surface area contributed by atoms with Gasteiger partial charge in [-0.15, -0.1) is 11.3 Å². The molecule has 0 aliphatic heterocycles. The number of hydrogen-bond acceptors (Lipinski definition) is 6. The quantitative estimate of drug-likeness (QED) is 0.729. The van der Waals surface area contributed by atoms with Crippen molar-refractivity contribution in [2.45, 2.75) is 39.5 Å². The fraction of sp³-hybridized carbons (Fsp3) is 0.667. The molecule has 1 aromatic rings. The van der Waals surface area contributed by atoms with Gasteiger partial charge in [0.1, 0.15) is 0 Å². The first kappa shape index (κ1) is 19.4. The van der Waals surface area contributed by atoms with E-state index < -0.39 is 18.1 Å². The van der Waals surface area contributed by atoms with Crippen molar-refractivity contribution < 1.29 is 19.1 Å². The number of carbonyl (C=O) groups excluding carboxylic acids is 2. The minimum atomic E-state index is -0.852. The lowest BCUT2D eigenvalue weighted by atomic mass is 10.1. The number of nitrogens with zero attached hydrogens (tertiary/aromatic N) is 2. The van der Waals surface area contributed by atoms with E-state index in [9.17, 15) is 9.59 Å². The van der Waals surface area contributed by atoms with Gasteiger partial charge < -0.3 is 19.7 Å². The Morgan fingerprint density at radius 1 is 1.39 bits per heavy atom. The zero-order chi connectivity index (χ0) is 17.4. The molecule has 0 aliphatic rings. The summed E-state index contributed by atoms with van der Waals surface area (Å²) in [6.45, 7) is 6.70. The van der Waals surface area contributed by atoms with Crippen molar-refractivity contribution in [2.75, 3.05) is 20.8 Å². The van der Waals surface area contributed by atoms with Crippen LogP contribution in [0.15, 0.2) is 11.7 Å². The van der Waals surface area contributed by atoms with E-state index >= 15 is 0 Å². The van der Waals surface area contributed by atoms with Crippen LogP contribution in [0.1, 0.15) is 25.6 Å². The van der Waals surface area contributed by atoms with Crippen molar-refractivity contribution in [3.8, 4) is 0 Å². The Bertz CT molecular complexity index is 493. The molecule has 7 nitrogen and oxygen atoms in total. The number of rotatable bonds is 8. The largest absolute Gasteiger partial charge is 0.467 e. The number of amides is 2. The Balaban J connectivity index is 2.64. The molecule has 0 radical (unpaired) electrons. The third kappa shape index (κ3) is 6.54. The number of methoxy groups -OCH3 is 1. The average molecular weight is 343 g/mol. The predicted molar refractivity (Wildman–Crippen MR) is 88.2 cm³/mol. The molecule has 0 aliphatic carbocycles. The van der Waals surface area contributed by atoms with Gasteiger partial charge in [-0.2, -0.15) is 0 Å². The van der Waals surface area contributed by atoms with Crippen LogP contribution in [0.3, 0.4) is 0 Å². The third-order valence-corrected chi connectivity index (χ3v) is 3.88. The van der Waals surface area contributed by atoms with Gasteiger partial charge in [0.15, 0.2) is 6.04 Å². The summed E-state index contributed by atoms with van der Waals surface area (Å²) in [7, 11) is 2.95. The first-order valence-corrected chi connectivity index (χ1v) is 8.31. The Labute approximate surface area is 141 Å². The van der Waals surface area contributed by atoms with Gasteiger partial charge in [-0.25, -0.2) is 9.59 Å². The second kappa shape index (κ2) is 9.46. The monoisotopic (exact) mass is 343 g/mol. The van der Waals surface area contributed by atoms with E-state index in [4.69, 9.17) is 9.47 Å². The molecule has 0 saturated carbocycles. The van der Waals surface area contributed by atoms with Gasteiger partial charge in [-0.1, -0.05) is 13.8 Å². The van der Waals surface area contributed by atoms with Gasteiger partial charge in [0.25, 0.3) is 0 Å². The molecule has 1 rings (SSSR count). The third-order valence-electron chi connectivity index (χ3n) is 3.12. The first-order chi connectivity index (χ1) is 10.8. The minimum absolute atomic E-state index is 0.334. The van der Waals surface area contributed by atoms with E-state index in [1.807, 2.05) is 13.8 Å². The highest BCUT2D eigenvalue weighted by atomic mass is 32.1. The van der Waals surface area contributed by atoms with Crippen LogP contribution in [0.5, 0.6) is 0 Å². The molecule has 2 amide bonds. The maximum Gasteiger partial charge on any atom is 0.331 e. The zero-order valence-corrected chi connectivity index (χ0v) is 15.1. The van der Waals surface area contributed by atoms with E-state index in [1.54, 1.807) is 25.7 Å². The average Bonchev–Trinajstić information content (AvgIpc) is 3.01. The van der Waals surface area contributed by atoms with E-state index in [2.05, 4.69) is 10.3 Å². The highest BCUT2D eigenvalue weighted by molar-refractivity contribution is 7.09. The van der Waals surface area contributed by atoms with Crippen molar-refractivity contribution in [1.29, 1.82) is 0 Å².